The molecule has 0 bridgehead atoms. The number of hydrogen-bond acceptors (Lipinski definition) is 3. The summed E-state index contributed by atoms with van der Waals surface area (Å²) in [6, 6.07) is 20.8. The largest absolute Gasteiger partial charge is 0.457 e. The molecular weight excluding hydrogens is 288 g/mol. The zero-order valence-electron chi connectivity index (χ0n) is 12.3. The van der Waals surface area contributed by atoms with E-state index in [1.54, 1.807) is 6.07 Å². The molecule has 1 aromatic heterocycles. The first kappa shape index (κ1) is 14.6. The van der Waals surface area contributed by atoms with Crippen LogP contribution in [-0.2, 0) is 11.3 Å². The molecule has 0 atom stereocenters. The number of fused-ring (bicyclic) bond motifs is 1. The number of amides is 1. The quantitative estimate of drug-likeness (QED) is 0.591. The van der Waals surface area contributed by atoms with Gasteiger partial charge < -0.3 is 9.73 Å². The van der Waals surface area contributed by atoms with Crippen molar-refractivity contribution >= 4 is 23.0 Å². The molecule has 0 aliphatic rings. The highest BCUT2D eigenvalue weighted by molar-refractivity contribution is 6.01. The minimum absolute atomic E-state index is 0.0139. The molecule has 1 heterocycles. The van der Waals surface area contributed by atoms with Crippen molar-refractivity contribution in [3.05, 3.63) is 77.6 Å². The van der Waals surface area contributed by atoms with Crippen molar-refractivity contribution in [3.63, 3.8) is 0 Å². The summed E-state index contributed by atoms with van der Waals surface area (Å²) in [6.07, 6.45) is 1.46. The van der Waals surface area contributed by atoms with Gasteiger partial charge in [0.15, 0.2) is 0 Å². The summed E-state index contributed by atoms with van der Waals surface area (Å²) in [4.78, 5) is 12.1. The molecule has 4 nitrogen and oxygen atoms in total. The fraction of sp³-hybridized carbons (Fsp3) is 0.0526. The van der Waals surface area contributed by atoms with E-state index in [9.17, 15) is 10.1 Å². The van der Waals surface area contributed by atoms with Crippen molar-refractivity contribution in [2.45, 2.75) is 6.54 Å². The summed E-state index contributed by atoms with van der Waals surface area (Å²) in [5, 5.41) is 12.9. The van der Waals surface area contributed by atoms with Crippen LogP contribution in [0.25, 0.3) is 17.0 Å². The van der Waals surface area contributed by atoms with Gasteiger partial charge in [-0.2, -0.15) is 5.26 Å². The number of benzene rings is 2. The van der Waals surface area contributed by atoms with Crippen LogP contribution in [0.1, 0.15) is 11.3 Å². The Morgan fingerprint density at radius 3 is 2.61 bits per heavy atom. The smallest absolute Gasteiger partial charge is 0.262 e. The van der Waals surface area contributed by atoms with Crippen LogP contribution in [0.2, 0.25) is 0 Å². The first-order valence-electron chi connectivity index (χ1n) is 7.19. The first-order valence-corrected chi connectivity index (χ1v) is 7.19. The standard InChI is InChI=1S/C19H14N2O2/c20-12-16(19(22)21-13-14-6-2-1-3-7-14)11-17-10-15-8-4-5-9-18(15)23-17/h1-11H,13H2,(H,21,22)/b16-11+. The molecule has 0 fully saturated rings. The van der Waals surface area contributed by atoms with E-state index in [2.05, 4.69) is 5.32 Å². The number of para-hydroxylation sites is 1. The molecule has 3 aromatic rings. The second kappa shape index (κ2) is 6.63. The van der Waals surface area contributed by atoms with Gasteiger partial charge in [-0.15, -0.1) is 0 Å². The van der Waals surface area contributed by atoms with Gasteiger partial charge in [0.2, 0.25) is 0 Å². The van der Waals surface area contributed by atoms with Gasteiger partial charge in [-0.1, -0.05) is 48.5 Å². The van der Waals surface area contributed by atoms with Crippen LogP contribution in [0.4, 0.5) is 0 Å². The maximum atomic E-state index is 12.1. The Bertz CT molecular complexity index is 869. The highest BCUT2D eigenvalue weighted by Gasteiger charge is 2.10. The van der Waals surface area contributed by atoms with Gasteiger partial charge in [0, 0.05) is 18.0 Å². The van der Waals surface area contributed by atoms with E-state index in [1.165, 1.54) is 6.08 Å². The van der Waals surface area contributed by atoms with Gasteiger partial charge in [-0.05, 0) is 17.7 Å². The van der Waals surface area contributed by atoms with E-state index >= 15 is 0 Å². The molecule has 0 saturated carbocycles. The number of furan rings is 1. The Morgan fingerprint density at radius 1 is 1.13 bits per heavy atom. The van der Waals surface area contributed by atoms with E-state index in [4.69, 9.17) is 4.42 Å². The van der Waals surface area contributed by atoms with Gasteiger partial charge in [-0.25, -0.2) is 0 Å². The summed E-state index contributed by atoms with van der Waals surface area (Å²) in [6.45, 7) is 0.374. The van der Waals surface area contributed by atoms with Crippen LogP contribution in [-0.4, -0.2) is 5.91 Å². The van der Waals surface area contributed by atoms with Crippen molar-refractivity contribution < 1.29 is 9.21 Å². The van der Waals surface area contributed by atoms with Gasteiger partial charge >= 0.3 is 0 Å². The molecule has 112 valence electrons. The molecule has 1 N–H and O–H groups in total. The minimum Gasteiger partial charge on any atom is -0.457 e. The second-order valence-electron chi connectivity index (χ2n) is 5.02. The summed E-state index contributed by atoms with van der Waals surface area (Å²) in [5.41, 5.74) is 1.71. The van der Waals surface area contributed by atoms with Crippen LogP contribution >= 0.6 is 0 Å². The number of nitriles is 1. The zero-order valence-corrected chi connectivity index (χ0v) is 12.3. The van der Waals surface area contributed by atoms with Gasteiger partial charge in [-0.3, -0.25) is 4.79 Å². The molecule has 0 aliphatic heterocycles. The van der Waals surface area contributed by atoms with Gasteiger partial charge in [0.05, 0.1) is 0 Å². The molecule has 3 rings (SSSR count). The van der Waals surface area contributed by atoms with E-state index in [0.717, 1.165) is 16.5 Å². The third-order valence-corrected chi connectivity index (χ3v) is 3.39. The lowest BCUT2D eigenvalue weighted by molar-refractivity contribution is -0.117. The normalized spacial score (nSPS) is 11.2. The lowest BCUT2D eigenvalue weighted by Gasteiger charge is -2.03. The van der Waals surface area contributed by atoms with E-state index in [1.807, 2.05) is 60.7 Å². The fourth-order valence-electron chi connectivity index (χ4n) is 2.24. The average molecular weight is 302 g/mol. The lowest BCUT2D eigenvalue weighted by atomic mass is 10.2. The van der Waals surface area contributed by atoms with Crippen molar-refractivity contribution in [2.75, 3.05) is 0 Å². The predicted octanol–water partition coefficient (Wildman–Crippen LogP) is 3.66. The SMILES string of the molecule is N#C/C(=C\c1cc2ccccc2o1)C(=O)NCc1ccccc1. The predicted molar refractivity (Wildman–Crippen MR) is 88.1 cm³/mol. The van der Waals surface area contributed by atoms with Crippen molar-refractivity contribution in [1.29, 1.82) is 5.26 Å². The van der Waals surface area contributed by atoms with E-state index in [0.29, 0.717) is 12.3 Å². The number of carbonyl (C=O) groups excluding carboxylic acids is 1. The summed E-state index contributed by atoms with van der Waals surface area (Å²) >= 11 is 0. The number of hydrogen-bond donors (Lipinski definition) is 1. The second-order valence-corrected chi connectivity index (χ2v) is 5.02. The number of nitrogens with zero attached hydrogens (tertiary/aromatic N) is 1. The Balaban J connectivity index is 1.75. The Morgan fingerprint density at radius 2 is 1.87 bits per heavy atom. The molecule has 1 amide bonds. The average Bonchev–Trinajstić information content (AvgIpc) is 3.01. The number of carbonyl (C=O) groups is 1. The summed E-state index contributed by atoms with van der Waals surface area (Å²) < 4.78 is 5.61. The van der Waals surface area contributed by atoms with Crippen LogP contribution in [0.3, 0.4) is 0 Å². The Hall–Kier alpha value is -3.32. The van der Waals surface area contributed by atoms with Crippen LogP contribution in [0.15, 0.2) is 70.7 Å². The molecule has 23 heavy (non-hydrogen) atoms. The number of nitrogens with one attached hydrogen (secondary N) is 1. The lowest BCUT2D eigenvalue weighted by Crippen LogP contribution is -2.23. The van der Waals surface area contributed by atoms with Crippen LogP contribution in [0, 0.1) is 11.3 Å². The Labute approximate surface area is 133 Å². The molecule has 0 unspecified atom stereocenters. The summed E-state index contributed by atoms with van der Waals surface area (Å²) in [5.74, 6) is 0.0643. The van der Waals surface area contributed by atoms with Crippen LogP contribution in [0.5, 0.6) is 0 Å². The minimum atomic E-state index is -0.420. The zero-order chi connectivity index (χ0) is 16.1. The monoisotopic (exact) mass is 302 g/mol. The molecule has 4 heteroatoms. The highest BCUT2D eigenvalue weighted by atomic mass is 16.3. The van der Waals surface area contributed by atoms with Gasteiger partial charge in [0.25, 0.3) is 5.91 Å². The third kappa shape index (κ3) is 3.47. The molecular formula is C19H14N2O2. The maximum Gasteiger partial charge on any atom is 0.262 e. The first-order chi connectivity index (χ1) is 11.3. The molecule has 2 aromatic carbocycles. The van der Waals surface area contributed by atoms with Crippen molar-refractivity contribution in [2.24, 2.45) is 0 Å². The molecule has 0 spiro atoms. The maximum absolute atomic E-state index is 12.1. The Kier molecular flexibility index (Phi) is 4.21. The third-order valence-electron chi connectivity index (χ3n) is 3.39. The summed E-state index contributed by atoms with van der Waals surface area (Å²) in [7, 11) is 0. The van der Waals surface area contributed by atoms with Crippen molar-refractivity contribution in [3.8, 4) is 6.07 Å². The topological polar surface area (TPSA) is 66.0 Å². The van der Waals surface area contributed by atoms with Gasteiger partial charge in [0.1, 0.15) is 23.0 Å². The molecule has 0 radical (unpaired) electrons. The van der Waals surface area contributed by atoms with E-state index in [-0.39, 0.29) is 5.57 Å². The molecule has 0 aliphatic carbocycles. The van der Waals surface area contributed by atoms with Crippen LogP contribution < -0.4 is 5.32 Å². The fourth-order valence-corrected chi connectivity index (χ4v) is 2.24. The molecule has 0 saturated heterocycles. The van der Waals surface area contributed by atoms with Crippen molar-refractivity contribution in [1.82, 2.24) is 5.32 Å². The number of rotatable bonds is 4. The highest BCUT2D eigenvalue weighted by Crippen LogP contribution is 2.20. The van der Waals surface area contributed by atoms with E-state index < -0.39 is 5.91 Å².